The second-order valence-corrected chi connectivity index (χ2v) is 7.51. The van der Waals surface area contributed by atoms with E-state index in [4.69, 9.17) is 10.5 Å². The molecule has 2 N–H and O–H groups in total. The van der Waals surface area contributed by atoms with E-state index in [-0.39, 0.29) is 18.4 Å². The van der Waals surface area contributed by atoms with Crippen LogP contribution in [0.2, 0.25) is 0 Å². The lowest BCUT2D eigenvalue weighted by molar-refractivity contribution is -0.140. The second-order valence-electron chi connectivity index (χ2n) is 7.51. The van der Waals surface area contributed by atoms with Crippen molar-refractivity contribution in [3.05, 3.63) is 76.6 Å². The van der Waals surface area contributed by atoms with E-state index in [2.05, 4.69) is 4.98 Å². The summed E-state index contributed by atoms with van der Waals surface area (Å²) >= 11 is 0. The van der Waals surface area contributed by atoms with Crippen LogP contribution < -0.4 is 5.73 Å². The normalized spacial score (nSPS) is 14.9. The fraction of sp³-hybridized carbons (Fsp3) is 0.217. The Morgan fingerprint density at radius 1 is 1.16 bits per heavy atom. The standard InChI is InChI=1S/C23H20F3N3O2/c1-13(2)29-12-20(23(24,25)26)28-21(29)14-7-8-15(11-27)16(9-14)10-19-17-5-3-4-6-18(17)22(30)31-19/h3-10,12-13H,11,27H2,1-2H3/b19-10-. The van der Waals surface area contributed by atoms with Crippen molar-refractivity contribution in [2.75, 3.05) is 0 Å². The van der Waals surface area contributed by atoms with Gasteiger partial charge in [-0.3, -0.25) is 0 Å². The molecular weight excluding hydrogens is 407 g/mol. The van der Waals surface area contributed by atoms with E-state index in [9.17, 15) is 18.0 Å². The van der Waals surface area contributed by atoms with E-state index in [1.54, 1.807) is 62.4 Å². The van der Waals surface area contributed by atoms with Crippen molar-refractivity contribution in [2.45, 2.75) is 32.6 Å². The lowest BCUT2D eigenvalue weighted by Gasteiger charge is -2.13. The smallest absolute Gasteiger partial charge is 0.422 e. The number of halogens is 3. The van der Waals surface area contributed by atoms with Crippen LogP contribution in [0.1, 0.15) is 52.6 Å². The Bertz CT molecular complexity index is 1190. The summed E-state index contributed by atoms with van der Waals surface area (Å²) in [5.74, 6) is 0.127. The van der Waals surface area contributed by atoms with Gasteiger partial charge in [0.25, 0.3) is 0 Å². The number of carbonyl (C=O) groups is 1. The van der Waals surface area contributed by atoms with Crippen LogP contribution in [0.25, 0.3) is 23.2 Å². The number of hydrogen-bond acceptors (Lipinski definition) is 4. The summed E-state index contributed by atoms with van der Waals surface area (Å²) in [6, 6.07) is 11.9. The Morgan fingerprint density at radius 3 is 2.52 bits per heavy atom. The molecule has 3 aromatic rings. The van der Waals surface area contributed by atoms with E-state index >= 15 is 0 Å². The van der Waals surface area contributed by atoms with Crippen LogP contribution in [-0.4, -0.2) is 15.5 Å². The van der Waals surface area contributed by atoms with Crippen molar-refractivity contribution in [1.82, 2.24) is 9.55 Å². The van der Waals surface area contributed by atoms with Gasteiger partial charge in [-0.2, -0.15) is 13.2 Å². The Hall–Kier alpha value is -3.39. The average molecular weight is 427 g/mol. The van der Waals surface area contributed by atoms with Gasteiger partial charge in [-0.15, -0.1) is 0 Å². The number of nitrogens with two attached hydrogens (primary N) is 1. The Balaban J connectivity index is 1.84. The lowest BCUT2D eigenvalue weighted by Crippen LogP contribution is -2.05. The number of aromatic nitrogens is 2. The van der Waals surface area contributed by atoms with E-state index in [0.717, 1.165) is 11.8 Å². The van der Waals surface area contributed by atoms with Crippen molar-refractivity contribution in [3.8, 4) is 11.4 Å². The molecule has 0 saturated carbocycles. The third-order valence-electron chi connectivity index (χ3n) is 5.10. The van der Waals surface area contributed by atoms with E-state index in [0.29, 0.717) is 28.0 Å². The number of benzene rings is 2. The third kappa shape index (κ3) is 3.86. The first-order valence-corrected chi connectivity index (χ1v) is 9.71. The molecule has 1 aliphatic heterocycles. The summed E-state index contributed by atoms with van der Waals surface area (Å²) < 4.78 is 46.7. The molecule has 160 valence electrons. The maximum Gasteiger partial charge on any atom is 0.434 e. The molecule has 8 heteroatoms. The highest BCUT2D eigenvalue weighted by Crippen LogP contribution is 2.35. The number of imidazole rings is 1. The molecule has 5 nitrogen and oxygen atoms in total. The summed E-state index contributed by atoms with van der Waals surface area (Å²) in [6.45, 7) is 3.79. The molecule has 2 heterocycles. The molecule has 1 aromatic heterocycles. The summed E-state index contributed by atoms with van der Waals surface area (Å²) in [4.78, 5) is 16.0. The van der Waals surface area contributed by atoms with Gasteiger partial charge in [-0.25, -0.2) is 9.78 Å². The number of fused-ring (bicyclic) bond motifs is 1. The predicted octanol–water partition coefficient (Wildman–Crippen LogP) is 5.28. The number of carbonyl (C=O) groups excluding carboxylic acids is 1. The molecule has 0 unspecified atom stereocenters. The number of cyclic esters (lactones) is 1. The maximum absolute atomic E-state index is 13.3. The molecule has 0 spiro atoms. The van der Waals surface area contributed by atoms with Gasteiger partial charge in [0.1, 0.15) is 11.6 Å². The van der Waals surface area contributed by atoms with Gasteiger partial charge in [-0.05, 0) is 43.2 Å². The first kappa shape index (κ1) is 20.9. The number of ether oxygens (including phenoxy) is 1. The first-order valence-electron chi connectivity index (χ1n) is 9.71. The van der Waals surface area contributed by atoms with Crippen molar-refractivity contribution in [1.29, 1.82) is 0 Å². The minimum atomic E-state index is -4.54. The van der Waals surface area contributed by atoms with Crippen molar-refractivity contribution < 1.29 is 22.7 Å². The van der Waals surface area contributed by atoms with Gasteiger partial charge in [0.05, 0.1) is 5.56 Å². The first-order chi connectivity index (χ1) is 14.7. The number of esters is 1. The van der Waals surface area contributed by atoms with Crippen LogP contribution >= 0.6 is 0 Å². The largest absolute Gasteiger partial charge is 0.434 e. The van der Waals surface area contributed by atoms with Gasteiger partial charge in [0.15, 0.2) is 5.69 Å². The van der Waals surface area contributed by atoms with Crippen LogP contribution in [0.3, 0.4) is 0 Å². The lowest BCUT2D eigenvalue weighted by atomic mass is 10.0. The molecule has 0 bridgehead atoms. The highest BCUT2D eigenvalue weighted by atomic mass is 19.4. The average Bonchev–Trinajstić information content (AvgIpc) is 3.31. The number of hydrogen-bond donors (Lipinski definition) is 1. The van der Waals surface area contributed by atoms with Gasteiger partial charge in [-0.1, -0.05) is 30.3 Å². The highest BCUT2D eigenvalue weighted by molar-refractivity contribution is 6.05. The summed E-state index contributed by atoms with van der Waals surface area (Å²) in [5.41, 5.74) is 7.95. The van der Waals surface area contributed by atoms with Crippen LogP contribution in [0.5, 0.6) is 0 Å². The van der Waals surface area contributed by atoms with Crippen LogP contribution in [-0.2, 0) is 17.5 Å². The van der Waals surface area contributed by atoms with Crippen molar-refractivity contribution in [2.24, 2.45) is 5.73 Å². The Kier molecular flexibility index (Phi) is 5.18. The van der Waals surface area contributed by atoms with E-state index < -0.39 is 17.8 Å². The van der Waals surface area contributed by atoms with Gasteiger partial charge < -0.3 is 15.0 Å². The summed E-state index contributed by atoms with van der Waals surface area (Å²) in [7, 11) is 0. The molecular formula is C23H20F3N3O2. The number of nitrogens with zero attached hydrogens (tertiary/aromatic N) is 2. The van der Waals surface area contributed by atoms with E-state index in [1.807, 2.05) is 0 Å². The quantitative estimate of drug-likeness (QED) is 0.576. The minimum absolute atomic E-state index is 0.203. The molecule has 0 saturated heterocycles. The van der Waals surface area contributed by atoms with Crippen LogP contribution in [0, 0.1) is 0 Å². The van der Waals surface area contributed by atoms with Gasteiger partial charge in [0, 0.05) is 29.9 Å². The SMILES string of the molecule is CC(C)n1cc(C(F)(F)F)nc1-c1ccc(CN)c(/C=C2\OC(=O)c3ccccc32)c1. The zero-order chi connectivity index (χ0) is 22.3. The molecule has 0 fully saturated rings. The monoisotopic (exact) mass is 427 g/mol. The molecule has 0 amide bonds. The molecule has 2 aromatic carbocycles. The molecule has 0 atom stereocenters. The molecule has 31 heavy (non-hydrogen) atoms. The van der Waals surface area contributed by atoms with Gasteiger partial charge in [0.2, 0.25) is 0 Å². The Labute approximate surface area is 177 Å². The number of alkyl halides is 3. The highest BCUT2D eigenvalue weighted by Gasteiger charge is 2.35. The van der Waals surface area contributed by atoms with E-state index in [1.165, 1.54) is 4.57 Å². The van der Waals surface area contributed by atoms with Gasteiger partial charge >= 0.3 is 12.1 Å². The Morgan fingerprint density at radius 2 is 1.87 bits per heavy atom. The zero-order valence-corrected chi connectivity index (χ0v) is 16.9. The van der Waals surface area contributed by atoms with Crippen molar-refractivity contribution in [3.63, 3.8) is 0 Å². The zero-order valence-electron chi connectivity index (χ0n) is 16.9. The molecule has 1 aliphatic rings. The topological polar surface area (TPSA) is 70.1 Å². The maximum atomic E-state index is 13.3. The fourth-order valence-electron chi connectivity index (χ4n) is 3.53. The summed E-state index contributed by atoms with van der Waals surface area (Å²) in [6.07, 6.45) is -1.84. The summed E-state index contributed by atoms with van der Waals surface area (Å²) in [5, 5.41) is 0. The van der Waals surface area contributed by atoms with Crippen LogP contribution in [0.15, 0.2) is 48.7 Å². The second kappa shape index (κ2) is 7.70. The molecule has 4 rings (SSSR count). The van der Waals surface area contributed by atoms with Crippen LogP contribution in [0.4, 0.5) is 13.2 Å². The molecule has 0 radical (unpaired) electrons. The predicted molar refractivity (Wildman–Crippen MR) is 111 cm³/mol. The minimum Gasteiger partial charge on any atom is -0.422 e. The van der Waals surface area contributed by atoms with Crippen molar-refractivity contribution >= 4 is 17.8 Å². The molecule has 0 aliphatic carbocycles. The third-order valence-corrected chi connectivity index (χ3v) is 5.10. The number of rotatable bonds is 4. The fourth-order valence-corrected chi connectivity index (χ4v) is 3.53.